The number of imidazole rings is 1. The van der Waals surface area contributed by atoms with Gasteiger partial charge in [0.1, 0.15) is 5.82 Å². The van der Waals surface area contributed by atoms with Gasteiger partial charge in [-0.3, -0.25) is 9.59 Å². The summed E-state index contributed by atoms with van der Waals surface area (Å²) in [6.07, 6.45) is 1.60. The third-order valence-electron chi connectivity index (χ3n) is 6.59. The number of rotatable bonds is 3. The van der Waals surface area contributed by atoms with E-state index in [0.717, 1.165) is 16.6 Å². The molecule has 178 valence electrons. The Morgan fingerprint density at radius 2 is 1.56 bits per heavy atom. The number of piperazine rings is 1. The molecular formula is C28H22FN5O2. The van der Waals surface area contributed by atoms with Crippen LogP contribution in [0.15, 0.2) is 79.1 Å². The molecule has 3 heterocycles. The maximum absolute atomic E-state index is 14.0. The Kier molecular flexibility index (Phi) is 5.41. The van der Waals surface area contributed by atoms with Crippen LogP contribution < -0.4 is 0 Å². The van der Waals surface area contributed by atoms with E-state index in [1.165, 1.54) is 12.1 Å². The number of aromatic amines is 1. The van der Waals surface area contributed by atoms with Crippen LogP contribution in [0, 0.1) is 5.82 Å². The number of fused-ring (bicyclic) bond motifs is 2. The Bertz CT molecular complexity index is 1610. The second-order valence-corrected chi connectivity index (χ2v) is 8.80. The summed E-state index contributed by atoms with van der Waals surface area (Å²) in [5, 5.41) is 0.604. The number of halogens is 1. The maximum Gasteiger partial charge on any atom is 0.254 e. The molecule has 5 aromatic rings. The highest BCUT2D eigenvalue weighted by Gasteiger charge is 2.27. The topological polar surface area (TPSA) is 82.2 Å². The van der Waals surface area contributed by atoms with E-state index in [1.54, 1.807) is 40.4 Å². The summed E-state index contributed by atoms with van der Waals surface area (Å²) in [5.74, 6) is -0.633. The zero-order valence-electron chi connectivity index (χ0n) is 19.3. The Hall–Kier alpha value is -4.59. The molecule has 2 amide bonds. The first kappa shape index (κ1) is 21.9. The second-order valence-electron chi connectivity index (χ2n) is 8.80. The standard InChI is InChI=1S/C28H22FN5O2/c29-20-7-8-21-22(16-24(32-25(21)15-20)18-4-2-1-3-5-18)28(36)34-12-10-33(11-13-34)27(35)19-6-9-23-26(14-19)31-17-30-23/h1-9,14-17H,10-13H2,(H,30,31). The van der Waals surface area contributed by atoms with Crippen molar-refractivity contribution in [1.29, 1.82) is 0 Å². The summed E-state index contributed by atoms with van der Waals surface area (Å²) in [5.41, 5.74) is 4.57. The number of pyridine rings is 1. The lowest BCUT2D eigenvalue weighted by molar-refractivity contribution is 0.0536. The fourth-order valence-corrected chi connectivity index (χ4v) is 4.67. The van der Waals surface area contributed by atoms with Crippen LogP contribution in [-0.4, -0.2) is 62.7 Å². The van der Waals surface area contributed by atoms with Gasteiger partial charge >= 0.3 is 0 Å². The van der Waals surface area contributed by atoms with Gasteiger partial charge in [-0.05, 0) is 36.4 Å². The van der Waals surface area contributed by atoms with Crippen molar-refractivity contribution in [1.82, 2.24) is 24.8 Å². The minimum absolute atomic E-state index is 0.0743. The Morgan fingerprint density at radius 1 is 0.806 bits per heavy atom. The van der Waals surface area contributed by atoms with Crippen LogP contribution in [0.1, 0.15) is 20.7 Å². The molecule has 36 heavy (non-hydrogen) atoms. The van der Waals surface area contributed by atoms with E-state index in [-0.39, 0.29) is 11.8 Å². The number of H-pyrrole nitrogens is 1. The Morgan fingerprint density at radius 3 is 2.33 bits per heavy atom. The molecule has 6 rings (SSSR count). The molecule has 1 N–H and O–H groups in total. The van der Waals surface area contributed by atoms with Crippen LogP contribution in [0.5, 0.6) is 0 Å². The molecule has 2 aromatic heterocycles. The highest BCUT2D eigenvalue weighted by molar-refractivity contribution is 6.07. The Balaban J connectivity index is 1.25. The SMILES string of the molecule is O=C(c1ccc2nc[nH]c2c1)N1CCN(C(=O)c2cc(-c3ccccc3)nc3cc(F)ccc23)CC1. The van der Waals surface area contributed by atoms with Crippen molar-refractivity contribution in [3.05, 3.63) is 96.1 Å². The van der Waals surface area contributed by atoms with E-state index >= 15 is 0 Å². The summed E-state index contributed by atoms with van der Waals surface area (Å²) < 4.78 is 14.0. The normalized spacial score (nSPS) is 13.9. The van der Waals surface area contributed by atoms with Gasteiger partial charge in [0.25, 0.3) is 11.8 Å². The summed E-state index contributed by atoms with van der Waals surface area (Å²) in [6.45, 7) is 1.66. The summed E-state index contributed by atoms with van der Waals surface area (Å²) >= 11 is 0. The van der Waals surface area contributed by atoms with Crippen LogP contribution >= 0.6 is 0 Å². The molecule has 1 aliphatic rings. The van der Waals surface area contributed by atoms with Crippen LogP contribution in [0.3, 0.4) is 0 Å². The average molecular weight is 480 g/mol. The van der Waals surface area contributed by atoms with Crippen molar-refractivity contribution in [3.8, 4) is 11.3 Å². The fraction of sp³-hybridized carbons (Fsp3) is 0.143. The summed E-state index contributed by atoms with van der Waals surface area (Å²) in [7, 11) is 0. The van der Waals surface area contributed by atoms with Gasteiger partial charge in [-0.1, -0.05) is 30.3 Å². The first-order valence-corrected chi connectivity index (χ1v) is 11.7. The van der Waals surface area contributed by atoms with Crippen molar-refractivity contribution in [2.45, 2.75) is 0 Å². The molecular weight excluding hydrogens is 457 g/mol. The van der Waals surface area contributed by atoms with Gasteiger partial charge in [0.2, 0.25) is 0 Å². The number of aromatic nitrogens is 3. The number of amides is 2. The molecule has 0 aliphatic carbocycles. The number of benzene rings is 3. The predicted octanol–water partition coefficient (Wildman–Crippen LogP) is 4.52. The zero-order chi connectivity index (χ0) is 24.6. The number of hydrogen-bond donors (Lipinski definition) is 1. The monoisotopic (exact) mass is 479 g/mol. The van der Waals surface area contributed by atoms with E-state index < -0.39 is 5.82 Å². The van der Waals surface area contributed by atoms with Gasteiger partial charge in [0, 0.05) is 48.8 Å². The molecule has 8 heteroatoms. The summed E-state index contributed by atoms with van der Waals surface area (Å²) in [6, 6.07) is 21.0. The molecule has 0 radical (unpaired) electrons. The van der Waals surface area contributed by atoms with Gasteiger partial charge in [0.15, 0.2) is 0 Å². The first-order valence-electron chi connectivity index (χ1n) is 11.7. The minimum atomic E-state index is -0.404. The first-order chi connectivity index (χ1) is 17.6. The van der Waals surface area contributed by atoms with Gasteiger partial charge in [-0.25, -0.2) is 14.4 Å². The van der Waals surface area contributed by atoms with E-state index in [1.807, 2.05) is 36.4 Å². The molecule has 0 atom stereocenters. The van der Waals surface area contributed by atoms with Gasteiger partial charge in [-0.2, -0.15) is 0 Å². The molecule has 0 bridgehead atoms. The van der Waals surface area contributed by atoms with E-state index in [9.17, 15) is 14.0 Å². The molecule has 3 aromatic carbocycles. The van der Waals surface area contributed by atoms with E-state index in [2.05, 4.69) is 15.0 Å². The lowest BCUT2D eigenvalue weighted by atomic mass is 10.0. The number of nitrogens with one attached hydrogen (secondary N) is 1. The van der Waals surface area contributed by atoms with Crippen molar-refractivity contribution in [2.75, 3.05) is 26.2 Å². The van der Waals surface area contributed by atoms with E-state index in [4.69, 9.17) is 0 Å². The van der Waals surface area contributed by atoms with Crippen molar-refractivity contribution >= 4 is 33.8 Å². The second kappa shape index (κ2) is 8.88. The average Bonchev–Trinajstić information content (AvgIpc) is 3.40. The number of hydrogen-bond acceptors (Lipinski definition) is 4. The minimum Gasteiger partial charge on any atom is -0.345 e. The van der Waals surface area contributed by atoms with E-state index in [0.29, 0.717) is 53.9 Å². The molecule has 0 spiro atoms. The lowest BCUT2D eigenvalue weighted by Crippen LogP contribution is -2.50. The van der Waals surface area contributed by atoms with Gasteiger partial charge in [-0.15, -0.1) is 0 Å². The maximum atomic E-state index is 14.0. The molecule has 0 unspecified atom stereocenters. The van der Waals surface area contributed by atoms with Gasteiger partial charge < -0.3 is 14.8 Å². The highest BCUT2D eigenvalue weighted by Crippen LogP contribution is 2.27. The highest BCUT2D eigenvalue weighted by atomic mass is 19.1. The summed E-state index contributed by atoms with van der Waals surface area (Å²) in [4.78, 5) is 42.0. The zero-order valence-corrected chi connectivity index (χ0v) is 19.3. The van der Waals surface area contributed by atoms with Crippen LogP contribution in [0.25, 0.3) is 33.2 Å². The predicted molar refractivity (Wildman–Crippen MR) is 135 cm³/mol. The number of carbonyl (C=O) groups excluding carboxylic acids is 2. The molecule has 0 saturated carbocycles. The van der Waals surface area contributed by atoms with Gasteiger partial charge in [0.05, 0.1) is 34.1 Å². The van der Waals surface area contributed by atoms with Crippen molar-refractivity contribution in [2.24, 2.45) is 0 Å². The molecule has 1 aliphatic heterocycles. The molecule has 1 fully saturated rings. The number of nitrogens with zero attached hydrogens (tertiary/aromatic N) is 4. The lowest BCUT2D eigenvalue weighted by Gasteiger charge is -2.35. The smallest absolute Gasteiger partial charge is 0.254 e. The van der Waals surface area contributed by atoms with Crippen LogP contribution in [0.4, 0.5) is 4.39 Å². The van der Waals surface area contributed by atoms with Crippen LogP contribution in [-0.2, 0) is 0 Å². The molecule has 1 saturated heterocycles. The van der Waals surface area contributed by atoms with Crippen molar-refractivity contribution < 1.29 is 14.0 Å². The quantitative estimate of drug-likeness (QED) is 0.413. The van der Waals surface area contributed by atoms with Crippen molar-refractivity contribution in [3.63, 3.8) is 0 Å². The Labute approximate surface area is 206 Å². The number of carbonyl (C=O) groups is 2. The molecule has 7 nitrogen and oxygen atoms in total. The third-order valence-corrected chi connectivity index (χ3v) is 6.59. The third kappa shape index (κ3) is 3.96. The largest absolute Gasteiger partial charge is 0.345 e. The fourth-order valence-electron chi connectivity index (χ4n) is 4.67. The van der Waals surface area contributed by atoms with Crippen LogP contribution in [0.2, 0.25) is 0 Å².